The van der Waals surface area contributed by atoms with Gasteiger partial charge in [0.15, 0.2) is 0 Å². The molecule has 3 heteroatoms. The second-order valence-electron chi connectivity index (χ2n) is 3.31. The third kappa shape index (κ3) is 2.65. The van der Waals surface area contributed by atoms with Crippen molar-refractivity contribution in [2.45, 2.75) is 25.8 Å². The molecule has 1 heterocycles. The van der Waals surface area contributed by atoms with Crippen LogP contribution in [0.3, 0.4) is 0 Å². The Balaban J connectivity index is 2.24. The zero-order valence-electron chi connectivity index (χ0n) is 7.42. The maximum atomic E-state index is 5.83. The Morgan fingerprint density at radius 2 is 2.00 bits per heavy atom. The smallest absolute Gasteiger partial charge is 0.00924 e. The average Bonchev–Trinajstić information content (AvgIpc) is 2.05. The van der Waals surface area contributed by atoms with Gasteiger partial charge in [0.1, 0.15) is 0 Å². The van der Waals surface area contributed by atoms with Crippen LogP contribution in [-0.4, -0.2) is 29.7 Å². The molecule has 0 amide bonds. The van der Waals surface area contributed by atoms with Crippen molar-refractivity contribution in [3.05, 3.63) is 0 Å². The van der Waals surface area contributed by atoms with E-state index in [0.717, 1.165) is 5.92 Å². The average molecular weight is 174 g/mol. The molecule has 2 nitrogen and oxygen atoms in total. The van der Waals surface area contributed by atoms with Gasteiger partial charge in [-0.05, 0) is 31.9 Å². The van der Waals surface area contributed by atoms with E-state index in [0.29, 0.717) is 6.04 Å². The van der Waals surface area contributed by atoms with Crippen molar-refractivity contribution in [1.29, 1.82) is 0 Å². The Kier molecular flexibility index (Phi) is 3.69. The van der Waals surface area contributed by atoms with Gasteiger partial charge in [0, 0.05) is 19.1 Å². The topological polar surface area (TPSA) is 29.3 Å². The molecule has 66 valence electrons. The molecule has 0 aromatic carbocycles. The quantitative estimate of drug-likeness (QED) is 0.640. The van der Waals surface area contributed by atoms with Gasteiger partial charge in [-0.25, -0.2) is 0 Å². The summed E-state index contributed by atoms with van der Waals surface area (Å²) in [5.41, 5.74) is 5.83. The fourth-order valence-electron chi connectivity index (χ4n) is 1.58. The summed E-state index contributed by atoms with van der Waals surface area (Å²) in [6, 6.07) is 0.388. The molecule has 11 heavy (non-hydrogen) atoms. The molecular weight excluding hydrogens is 156 g/mol. The second-order valence-corrected chi connectivity index (χ2v) is 4.19. The van der Waals surface area contributed by atoms with Crippen molar-refractivity contribution >= 4 is 11.9 Å². The molecule has 1 rings (SSSR count). The van der Waals surface area contributed by atoms with E-state index in [1.807, 2.05) is 11.9 Å². The van der Waals surface area contributed by atoms with Crippen molar-refractivity contribution in [3.63, 3.8) is 0 Å². The number of nitrogens with two attached hydrogens (primary N) is 1. The normalized spacial score (nSPS) is 25.4. The van der Waals surface area contributed by atoms with Crippen LogP contribution in [0.5, 0.6) is 0 Å². The second kappa shape index (κ2) is 4.33. The molecule has 0 aromatic rings. The maximum Gasteiger partial charge on any atom is 0.00924 e. The van der Waals surface area contributed by atoms with E-state index in [1.165, 1.54) is 25.9 Å². The van der Waals surface area contributed by atoms with E-state index >= 15 is 0 Å². The third-order valence-corrected chi connectivity index (χ3v) is 3.38. The van der Waals surface area contributed by atoms with E-state index in [4.69, 9.17) is 5.73 Å². The Hall–Kier alpha value is 0.270. The summed E-state index contributed by atoms with van der Waals surface area (Å²) < 4.78 is 2.42. The molecule has 1 atom stereocenters. The van der Waals surface area contributed by atoms with Crippen molar-refractivity contribution in [3.8, 4) is 0 Å². The highest BCUT2D eigenvalue weighted by Gasteiger charge is 2.20. The van der Waals surface area contributed by atoms with Crippen LogP contribution in [-0.2, 0) is 0 Å². The summed E-state index contributed by atoms with van der Waals surface area (Å²) >= 11 is 1.85. The Morgan fingerprint density at radius 1 is 1.45 bits per heavy atom. The molecule has 0 spiro atoms. The monoisotopic (exact) mass is 174 g/mol. The van der Waals surface area contributed by atoms with Crippen LogP contribution in [0.25, 0.3) is 0 Å². The van der Waals surface area contributed by atoms with Gasteiger partial charge in [-0.3, -0.25) is 4.31 Å². The lowest BCUT2D eigenvalue weighted by molar-refractivity contribution is 0.265. The fourth-order valence-corrected chi connectivity index (χ4v) is 2.16. The number of rotatable bonds is 2. The van der Waals surface area contributed by atoms with Gasteiger partial charge in [-0.15, -0.1) is 0 Å². The minimum atomic E-state index is 0.388. The Labute approximate surface area is 73.6 Å². The predicted molar refractivity (Wildman–Crippen MR) is 51.5 cm³/mol. The Morgan fingerprint density at radius 3 is 2.36 bits per heavy atom. The fraction of sp³-hybridized carbons (Fsp3) is 1.00. The summed E-state index contributed by atoms with van der Waals surface area (Å²) in [5, 5.41) is 0. The molecule has 0 bridgehead atoms. The van der Waals surface area contributed by atoms with Crippen LogP contribution >= 0.6 is 11.9 Å². The van der Waals surface area contributed by atoms with Gasteiger partial charge < -0.3 is 5.73 Å². The maximum absolute atomic E-state index is 5.83. The van der Waals surface area contributed by atoms with Crippen molar-refractivity contribution < 1.29 is 0 Å². The van der Waals surface area contributed by atoms with Gasteiger partial charge in [-0.2, -0.15) is 0 Å². The first-order chi connectivity index (χ1) is 5.24. The zero-order valence-corrected chi connectivity index (χ0v) is 8.23. The molecule has 0 saturated carbocycles. The lowest BCUT2D eigenvalue weighted by Crippen LogP contribution is -2.36. The molecule has 0 aliphatic carbocycles. The minimum absolute atomic E-state index is 0.388. The molecule has 1 saturated heterocycles. The van der Waals surface area contributed by atoms with E-state index < -0.39 is 0 Å². The summed E-state index contributed by atoms with van der Waals surface area (Å²) in [6.07, 6.45) is 4.70. The number of hydrogen-bond donors (Lipinski definition) is 1. The number of hydrogen-bond acceptors (Lipinski definition) is 3. The van der Waals surface area contributed by atoms with Crippen molar-refractivity contribution in [1.82, 2.24) is 4.31 Å². The Bertz CT molecular complexity index is 109. The molecule has 1 aliphatic rings. The number of nitrogens with zero attached hydrogens (tertiary/aromatic N) is 1. The highest BCUT2D eigenvalue weighted by atomic mass is 32.2. The standard InChI is InChI=1S/C8H18N2S/c1-7(9)8-3-5-10(11-2)6-4-8/h7-8H,3-6,9H2,1-2H3. The molecule has 1 fully saturated rings. The van der Waals surface area contributed by atoms with Crippen LogP contribution in [0.15, 0.2) is 0 Å². The van der Waals surface area contributed by atoms with E-state index in [9.17, 15) is 0 Å². The van der Waals surface area contributed by atoms with E-state index in [2.05, 4.69) is 17.5 Å². The van der Waals surface area contributed by atoms with E-state index in [1.54, 1.807) is 0 Å². The molecule has 0 radical (unpaired) electrons. The lowest BCUT2D eigenvalue weighted by atomic mass is 9.92. The highest BCUT2D eigenvalue weighted by Crippen LogP contribution is 2.22. The molecule has 0 aromatic heterocycles. The summed E-state index contributed by atoms with van der Waals surface area (Å²) in [5.74, 6) is 0.762. The van der Waals surface area contributed by atoms with Gasteiger partial charge in [-0.1, -0.05) is 11.9 Å². The molecular formula is C8H18N2S. The lowest BCUT2D eigenvalue weighted by Gasteiger charge is -2.31. The van der Waals surface area contributed by atoms with Gasteiger partial charge in [0.05, 0.1) is 0 Å². The SMILES string of the molecule is CSN1CCC(C(C)N)CC1. The van der Waals surface area contributed by atoms with E-state index in [-0.39, 0.29) is 0 Å². The van der Waals surface area contributed by atoms with Crippen LogP contribution in [0, 0.1) is 5.92 Å². The molecule has 2 N–H and O–H groups in total. The van der Waals surface area contributed by atoms with Crippen LogP contribution in [0.1, 0.15) is 19.8 Å². The van der Waals surface area contributed by atoms with Crippen molar-refractivity contribution in [2.24, 2.45) is 11.7 Å². The number of piperidine rings is 1. The highest BCUT2D eigenvalue weighted by molar-refractivity contribution is 7.96. The van der Waals surface area contributed by atoms with Gasteiger partial charge in [0.2, 0.25) is 0 Å². The van der Waals surface area contributed by atoms with Crippen LogP contribution in [0.2, 0.25) is 0 Å². The minimum Gasteiger partial charge on any atom is -0.328 e. The first kappa shape index (κ1) is 9.36. The van der Waals surface area contributed by atoms with Crippen LogP contribution < -0.4 is 5.73 Å². The predicted octanol–water partition coefficient (Wildman–Crippen LogP) is 1.32. The first-order valence-corrected chi connectivity index (χ1v) is 5.47. The van der Waals surface area contributed by atoms with Crippen molar-refractivity contribution in [2.75, 3.05) is 19.3 Å². The van der Waals surface area contributed by atoms with Gasteiger partial charge >= 0.3 is 0 Å². The van der Waals surface area contributed by atoms with Crippen LogP contribution in [0.4, 0.5) is 0 Å². The molecule has 1 aliphatic heterocycles. The largest absolute Gasteiger partial charge is 0.328 e. The first-order valence-electron chi connectivity index (χ1n) is 4.28. The molecule has 1 unspecified atom stereocenters. The summed E-state index contributed by atoms with van der Waals surface area (Å²) in [6.45, 7) is 4.56. The van der Waals surface area contributed by atoms with Gasteiger partial charge in [0.25, 0.3) is 0 Å². The summed E-state index contributed by atoms with van der Waals surface area (Å²) in [4.78, 5) is 0. The summed E-state index contributed by atoms with van der Waals surface area (Å²) in [7, 11) is 0. The third-order valence-electron chi connectivity index (χ3n) is 2.50. The zero-order chi connectivity index (χ0) is 8.27.